The predicted molar refractivity (Wildman–Crippen MR) is 125 cm³/mol. The Morgan fingerprint density at radius 3 is 0.824 bits per heavy atom. The van der Waals surface area contributed by atoms with Crippen LogP contribution in [0.15, 0.2) is 0 Å². The third-order valence-electron chi connectivity index (χ3n) is 4.06. The lowest BCUT2D eigenvalue weighted by Gasteiger charge is -2.22. The first-order valence-electron chi connectivity index (χ1n) is 11.7. The van der Waals surface area contributed by atoms with Crippen LogP contribution in [0.5, 0.6) is 0 Å². The lowest BCUT2D eigenvalue weighted by atomic mass is 10.6. The second-order valence-electron chi connectivity index (χ2n) is 6.44. The Hall–Kier alpha value is -0.263. The molecule has 0 heterocycles. The number of ether oxygens (including phenoxy) is 8. The van der Waals surface area contributed by atoms with Crippen LogP contribution in [0.1, 0.15) is 6.92 Å². The fourth-order valence-electron chi connectivity index (χ4n) is 2.34. The molecular formula is C21H46O12Si. The Morgan fingerprint density at radius 2 is 0.588 bits per heavy atom. The van der Waals surface area contributed by atoms with Crippen LogP contribution in [0.4, 0.5) is 0 Å². The van der Waals surface area contributed by atoms with E-state index in [0.717, 1.165) is 0 Å². The molecule has 0 rings (SSSR count). The Balaban J connectivity index is 3.14. The average Bonchev–Trinajstić information content (AvgIpc) is 2.86. The first kappa shape index (κ1) is 33.7. The Labute approximate surface area is 205 Å². The smallest absolute Gasteiger partial charge is 0.379 e. The molecule has 0 unspecified atom stereocenters. The van der Waals surface area contributed by atoms with Gasteiger partial charge in [0, 0.05) is 27.9 Å². The first-order chi connectivity index (χ1) is 16.7. The quantitative estimate of drug-likeness (QED) is 0.102. The summed E-state index contributed by atoms with van der Waals surface area (Å²) in [4.78, 5) is 0. The van der Waals surface area contributed by atoms with Gasteiger partial charge in [-0.25, -0.2) is 0 Å². The molecule has 0 atom stereocenters. The summed E-state index contributed by atoms with van der Waals surface area (Å²) < 4.78 is 64.0. The maximum atomic E-state index is 5.48. The van der Waals surface area contributed by atoms with Crippen LogP contribution in [0.3, 0.4) is 0 Å². The highest BCUT2D eigenvalue weighted by Gasteiger charge is 2.41. The Kier molecular flexibility index (Phi) is 27.1. The molecule has 0 saturated carbocycles. The van der Waals surface area contributed by atoms with Gasteiger partial charge in [-0.2, -0.15) is 0 Å². The highest BCUT2D eigenvalue weighted by molar-refractivity contribution is 6.53. The Morgan fingerprint density at radius 1 is 0.353 bits per heavy atom. The zero-order valence-electron chi connectivity index (χ0n) is 21.4. The number of hydrogen-bond donors (Lipinski definition) is 0. The first-order valence-corrected chi connectivity index (χ1v) is 13.3. The van der Waals surface area contributed by atoms with Crippen molar-refractivity contribution in [3.8, 4) is 0 Å². The summed E-state index contributed by atoms with van der Waals surface area (Å²) in [6.07, 6.45) is 0. The summed E-state index contributed by atoms with van der Waals surface area (Å²) in [6, 6.07) is 0. The summed E-state index contributed by atoms with van der Waals surface area (Å²) in [6.45, 7) is 10.8. The van der Waals surface area contributed by atoms with Gasteiger partial charge in [0.25, 0.3) is 0 Å². The van der Waals surface area contributed by atoms with Crippen molar-refractivity contribution in [3.63, 3.8) is 0 Å². The molecule has 0 aliphatic heterocycles. The molecule has 0 spiro atoms. The van der Waals surface area contributed by atoms with Gasteiger partial charge in [-0.05, 0) is 6.92 Å². The second kappa shape index (κ2) is 27.3. The fourth-order valence-corrected chi connectivity index (χ4v) is 3.52. The molecule has 0 aromatic rings. The molecule has 206 valence electrons. The normalized spacial score (nSPS) is 12.0. The van der Waals surface area contributed by atoms with Crippen molar-refractivity contribution in [1.29, 1.82) is 0 Å². The van der Waals surface area contributed by atoms with Crippen LogP contribution in [0.2, 0.25) is 0 Å². The van der Waals surface area contributed by atoms with Gasteiger partial charge in [-0.3, -0.25) is 0 Å². The molecule has 0 saturated heterocycles. The third-order valence-corrected chi connectivity index (χ3v) is 6.12. The standard InChI is InChI=1S/C21H46O12Si/c1-5-25-6-7-26-8-9-27-10-11-28-12-13-29-14-15-30-16-17-31-18-19-32-20-21-33-34(22-2,23-3)24-4/h5-21H2,1-4H3. The highest BCUT2D eigenvalue weighted by atomic mass is 28.4. The van der Waals surface area contributed by atoms with Crippen LogP contribution < -0.4 is 0 Å². The van der Waals surface area contributed by atoms with E-state index in [2.05, 4.69) is 0 Å². The molecule has 0 fully saturated rings. The van der Waals surface area contributed by atoms with Gasteiger partial charge in [0.1, 0.15) is 0 Å². The van der Waals surface area contributed by atoms with Crippen molar-refractivity contribution < 1.29 is 55.6 Å². The van der Waals surface area contributed by atoms with E-state index in [0.29, 0.717) is 112 Å². The minimum absolute atomic E-state index is 0.314. The van der Waals surface area contributed by atoms with Crippen LogP contribution in [-0.4, -0.2) is 143 Å². The van der Waals surface area contributed by atoms with Gasteiger partial charge in [-0.1, -0.05) is 0 Å². The summed E-state index contributed by atoms with van der Waals surface area (Å²) in [5, 5.41) is 0. The zero-order valence-corrected chi connectivity index (χ0v) is 22.4. The van der Waals surface area contributed by atoms with Gasteiger partial charge >= 0.3 is 9.05 Å². The van der Waals surface area contributed by atoms with E-state index in [4.69, 9.17) is 55.6 Å². The van der Waals surface area contributed by atoms with Crippen molar-refractivity contribution in [3.05, 3.63) is 0 Å². The van der Waals surface area contributed by atoms with Crippen molar-refractivity contribution in [1.82, 2.24) is 0 Å². The maximum absolute atomic E-state index is 5.48. The second-order valence-corrected chi connectivity index (χ2v) is 8.96. The monoisotopic (exact) mass is 518 g/mol. The van der Waals surface area contributed by atoms with Crippen LogP contribution in [-0.2, 0) is 55.6 Å². The van der Waals surface area contributed by atoms with Crippen LogP contribution >= 0.6 is 0 Å². The van der Waals surface area contributed by atoms with Gasteiger partial charge in [-0.15, -0.1) is 0 Å². The summed E-state index contributed by atoms with van der Waals surface area (Å²) in [5.74, 6) is 0. The van der Waals surface area contributed by atoms with E-state index in [-0.39, 0.29) is 0 Å². The predicted octanol–water partition coefficient (Wildman–Crippen LogP) is 0.531. The summed E-state index contributed by atoms with van der Waals surface area (Å²) in [5.41, 5.74) is 0. The molecule has 0 aromatic heterocycles. The molecule has 0 aromatic carbocycles. The largest absolute Gasteiger partial charge is 0.678 e. The molecule has 12 nitrogen and oxygen atoms in total. The molecule has 0 aliphatic carbocycles. The van der Waals surface area contributed by atoms with Gasteiger partial charge in [0.05, 0.1) is 106 Å². The SMILES string of the molecule is CCOCCOCCOCCOCCOCCOCCOCCOCCO[Si](OC)(OC)OC. The highest BCUT2D eigenvalue weighted by Crippen LogP contribution is 2.07. The number of hydrogen-bond acceptors (Lipinski definition) is 12. The molecular weight excluding hydrogens is 472 g/mol. The molecule has 0 amide bonds. The van der Waals surface area contributed by atoms with E-state index in [9.17, 15) is 0 Å². The molecule has 0 bridgehead atoms. The van der Waals surface area contributed by atoms with E-state index >= 15 is 0 Å². The topological polar surface area (TPSA) is 111 Å². The van der Waals surface area contributed by atoms with E-state index < -0.39 is 9.05 Å². The van der Waals surface area contributed by atoms with Crippen molar-refractivity contribution in [2.45, 2.75) is 6.92 Å². The van der Waals surface area contributed by atoms with Gasteiger partial charge in [0.2, 0.25) is 0 Å². The lowest BCUT2D eigenvalue weighted by Crippen LogP contribution is -2.47. The van der Waals surface area contributed by atoms with Crippen LogP contribution in [0.25, 0.3) is 0 Å². The molecule has 34 heavy (non-hydrogen) atoms. The molecule has 0 N–H and O–H groups in total. The minimum atomic E-state index is -2.99. The summed E-state index contributed by atoms with van der Waals surface area (Å²) in [7, 11) is 1.47. The van der Waals surface area contributed by atoms with Crippen LogP contribution in [0, 0.1) is 0 Å². The molecule has 0 radical (unpaired) electrons. The van der Waals surface area contributed by atoms with E-state index in [1.807, 2.05) is 6.92 Å². The lowest BCUT2D eigenvalue weighted by molar-refractivity contribution is -0.0295. The molecule has 13 heteroatoms. The fraction of sp³-hybridized carbons (Fsp3) is 1.00. The average molecular weight is 519 g/mol. The van der Waals surface area contributed by atoms with E-state index in [1.54, 1.807) is 0 Å². The zero-order chi connectivity index (χ0) is 25.0. The van der Waals surface area contributed by atoms with Crippen molar-refractivity contribution >= 4 is 9.05 Å². The van der Waals surface area contributed by atoms with Gasteiger partial charge in [0.15, 0.2) is 0 Å². The van der Waals surface area contributed by atoms with Crippen molar-refractivity contribution in [2.24, 2.45) is 0 Å². The van der Waals surface area contributed by atoms with E-state index in [1.165, 1.54) is 21.3 Å². The minimum Gasteiger partial charge on any atom is -0.379 e. The Bertz CT molecular complexity index is 383. The number of rotatable bonds is 29. The summed E-state index contributed by atoms with van der Waals surface area (Å²) >= 11 is 0. The maximum Gasteiger partial charge on any atom is 0.678 e. The van der Waals surface area contributed by atoms with Crippen molar-refractivity contribution in [2.75, 3.05) is 134 Å². The third kappa shape index (κ3) is 22.2. The van der Waals surface area contributed by atoms with Gasteiger partial charge < -0.3 is 55.6 Å². The molecule has 0 aliphatic rings.